The van der Waals surface area contributed by atoms with Gasteiger partial charge in [0.25, 0.3) is 5.91 Å². The highest BCUT2D eigenvalue weighted by Crippen LogP contribution is 2.30. The smallest absolute Gasteiger partial charge is 0.251 e. The Labute approximate surface area is 112 Å². The fourth-order valence-corrected chi connectivity index (χ4v) is 2.55. The standard InChI is InChI=1S/C14H19NO2S/c1-18-9-11-3-5-12(6-4-11)13(16)15-10-14(17)7-2-8-14/h3-6,17H,2,7-10H2,1H3,(H,15,16). The van der Waals surface area contributed by atoms with Crippen LogP contribution in [-0.2, 0) is 5.75 Å². The Morgan fingerprint density at radius 3 is 2.56 bits per heavy atom. The lowest BCUT2D eigenvalue weighted by Crippen LogP contribution is -2.47. The molecule has 0 radical (unpaired) electrons. The summed E-state index contributed by atoms with van der Waals surface area (Å²) in [6.45, 7) is 0.360. The zero-order chi connectivity index (χ0) is 13.0. The highest BCUT2D eigenvalue weighted by Gasteiger charge is 2.34. The predicted octanol–water partition coefficient (Wildman–Crippen LogP) is 2.19. The Bertz CT molecular complexity index is 412. The SMILES string of the molecule is CSCc1ccc(C(=O)NCC2(O)CCC2)cc1. The third kappa shape index (κ3) is 3.27. The molecule has 0 bridgehead atoms. The molecule has 0 aromatic heterocycles. The molecule has 0 unspecified atom stereocenters. The highest BCUT2D eigenvalue weighted by atomic mass is 32.2. The van der Waals surface area contributed by atoms with Crippen molar-refractivity contribution < 1.29 is 9.90 Å². The molecule has 1 aliphatic rings. The first kappa shape index (κ1) is 13.4. The van der Waals surface area contributed by atoms with Gasteiger partial charge in [-0.2, -0.15) is 11.8 Å². The van der Waals surface area contributed by atoms with Gasteiger partial charge in [0.15, 0.2) is 0 Å². The van der Waals surface area contributed by atoms with Crippen LogP contribution in [0.15, 0.2) is 24.3 Å². The topological polar surface area (TPSA) is 49.3 Å². The van der Waals surface area contributed by atoms with Gasteiger partial charge in [-0.3, -0.25) is 4.79 Å². The molecule has 1 amide bonds. The lowest BCUT2D eigenvalue weighted by atomic mass is 9.80. The average Bonchev–Trinajstić information content (AvgIpc) is 2.35. The summed E-state index contributed by atoms with van der Waals surface area (Å²) in [6, 6.07) is 7.63. The Hall–Kier alpha value is -1.00. The zero-order valence-electron chi connectivity index (χ0n) is 10.6. The van der Waals surface area contributed by atoms with E-state index in [-0.39, 0.29) is 5.91 Å². The molecule has 2 N–H and O–H groups in total. The summed E-state index contributed by atoms with van der Waals surface area (Å²) in [5.74, 6) is 0.854. The van der Waals surface area contributed by atoms with Crippen LogP contribution in [0.5, 0.6) is 0 Å². The number of hydrogen-bond acceptors (Lipinski definition) is 3. The van der Waals surface area contributed by atoms with Crippen LogP contribution in [0.2, 0.25) is 0 Å². The fraction of sp³-hybridized carbons (Fsp3) is 0.500. The van der Waals surface area contributed by atoms with Gasteiger partial charge < -0.3 is 10.4 Å². The number of carbonyl (C=O) groups is 1. The van der Waals surface area contributed by atoms with E-state index in [0.717, 1.165) is 25.0 Å². The van der Waals surface area contributed by atoms with Gasteiger partial charge in [-0.1, -0.05) is 12.1 Å². The lowest BCUT2D eigenvalue weighted by Gasteiger charge is -2.36. The number of thioether (sulfide) groups is 1. The number of carbonyl (C=O) groups excluding carboxylic acids is 1. The molecule has 1 saturated carbocycles. The van der Waals surface area contributed by atoms with Crippen molar-refractivity contribution in [3.63, 3.8) is 0 Å². The summed E-state index contributed by atoms with van der Waals surface area (Å²) >= 11 is 1.76. The van der Waals surface area contributed by atoms with E-state index in [9.17, 15) is 9.90 Å². The number of amides is 1. The van der Waals surface area contributed by atoms with Crippen molar-refractivity contribution in [3.05, 3.63) is 35.4 Å². The summed E-state index contributed by atoms with van der Waals surface area (Å²) < 4.78 is 0. The van der Waals surface area contributed by atoms with Gasteiger partial charge in [0.05, 0.1) is 5.60 Å². The second kappa shape index (κ2) is 5.76. The van der Waals surface area contributed by atoms with Gasteiger partial charge >= 0.3 is 0 Å². The first-order valence-electron chi connectivity index (χ1n) is 6.21. The number of rotatable bonds is 5. The molecule has 0 spiro atoms. The molecular formula is C14H19NO2S. The van der Waals surface area contributed by atoms with Crippen LogP contribution >= 0.6 is 11.8 Å². The van der Waals surface area contributed by atoms with Crippen LogP contribution in [0, 0.1) is 0 Å². The van der Waals surface area contributed by atoms with Gasteiger partial charge in [0, 0.05) is 17.9 Å². The quantitative estimate of drug-likeness (QED) is 0.858. The summed E-state index contributed by atoms with van der Waals surface area (Å²) in [6.07, 6.45) is 4.69. The molecule has 98 valence electrons. The molecule has 1 fully saturated rings. The van der Waals surface area contributed by atoms with Gasteiger partial charge in [0.2, 0.25) is 0 Å². The fourth-order valence-electron chi connectivity index (χ4n) is 2.03. The average molecular weight is 265 g/mol. The molecule has 4 heteroatoms. The summed E-state index contributed by atoms with van der Waals surface area (Å²) in [5.41, 5.74) is 1.22. The van der Waals surface area contributed by atoms with E-state index in [4.69, 9.17) is 0 Å². The molecule has 0 saturated heterocycles. The van der Waals surface area contributed by atoms with Crippen LogP contribution in [0.3, 0.4) is 0 Å². The van der Waals surface area contributed by atoms with Crippen molar-refractivity contribution in [3.8, 4) is 0 Å². The second-order valence-corrected chi connectivity index (χ2v) is 5.76. The molecule has 3 nitrogen and oxygen atoms in total. The maximum Gasteiger partial charge on any atom is 0.251 e. The van der Waals surface area contributed by atoms with E-state index in [1.165, 1.54) is 5.56 Å². The molecule has 18 heavy (non-hydrogen) atoms. The summed E-state index contributed by atoms with van der Waals surface area (Å²) in [5, 5.41) is 12.7. The summed E-state index contributed by atoms with van der Waals surface area (Å²) in [4.78, 5) is 11.9. The van der Waals surface area contributed by atoms with E-state index in [1.807, 2.05) is 24.3 Å². The van der Waals surface area contributed by atoms with Crippen LogP contribution in [0.25, 0.3) is 0 Å². The highest BCUT2D eigenvalue weighted by molar-refractivity contribution is 7.97. The molecule has 1 aromatic carbocycles. The van der Waals surface area contributed by atoms with Gasteiger partial charge in [-0.25, -0.2) is 0 Å². The zero-order valence-corrected chi connectivity index (χ0v) is 11.4. The second-order valence-electron chi connectivity index (χ2n) is 4.89. The van der Waals surface area contributed by atoms with E-state index < -0.39 is 5.60 Å². The predicted molar refractivity (Wildman–Crippen MR) is 74.8 cm³/mol. The Kier molecular flexibility index (Phi) is 4.30. The molecule has 1 aliphatic carbocycles. The van der Waals surface area contributed by atoms with Crippen molar-refractivity contribution in [2.45, 2.75) is 30.6 Å². The molecule has 0 heterocycles. The third-order valence-electron chi connectivity index (χ3n) is 3.39. The number of benzene rings is 1. The van der Waals surface area contributed by atoms with E-state index >= 15 is 0 Å². The number of hydrogen-bond donors (Lipinski definition) is 2. The van der Waals surface area contributed by atoms with Crippen molar-refractivity contribution >= 4 is 17.7 Å². The minimum Gasteiger partial charge on any atom is -0.388 e. The molecule has 0 aliphatic heterocycles. The lowest BCUT2D eigenvalue weighted by molar-refractivity contribution is -0.0300. The monoisotopic (exact) mass is 265 g/mol. The normalized spacial score (nSPS) is 17.0. The first-order chi connectivity index (χ1) is 8.63. The maximum atomic E-state index is 11.9. The van der Waals surface area contributed by atoms with E-state index in [0.29, 0.717) is 12.1 Å². The minimum atomic E-state index is -0.658. The largest absolute Gasteiger partial charge is 0.388 e. The molecule has 1 aromatic rings. The van der Waals surface area contributed by atoms with Crippen molar-refractivity contribution in [2.75, 3.05) is 12.8 Å². The summed E-state index contributed by atoms with van der Waals surface area (Å²) in [7, 11) is 0. The van der Waals surface area contributed by atoms with Crippen LogP contribution in [0.1, 0.15) is 35.2 Å². The van der Waals surface area contributed by atoms with Crippen LogP contribution < -0.4 is 5.32 Å². The van der Waals surface area contributed by atoms with Crippen LogP contribution in [-0.4, -0.2) is 29.4 Å². The van der Waals surface area contributed by atoms with Crippen molar-refractivity contribution in [1.29, 1.82) is 0 Å². The Morgan fingerprint density at radius 2 is 2.06 bits per heavy atom. The molecular weight excluding hydrogens is 246 g/mol. The minimum absolute atomic E-state index is 0.106. The van der Waals surface area contributed by atoms with Gasteiger partial charge in [-0.15, -0.1) is 0 Å². The number of aliphatic hydroxyl groups is 1. The Balaban J connectivity index is 1.88. The number of nitrogens with one attached hydrogen (secondary N) is 1. The van der Waals surface area contributed by atoms with Crippen molar-refractivity contribution in [1.82, 2.24) is 5.32 Å². The maximum absolute atomic E-state index is 11.9. The van der Waals surface area contributed by atoms with Crippen LogP contribution in [0.4, 0.5) is 0 Å². The first-order valence-corrected chi connectivity index (χ1v) is 7.61. The van der Waals surface area contributed by atoms with Gasteiger partial charge in [-0.05, 0) is 43.2 Å². The third-order valence-corrected chi connectivity index (χ3v) is 4.01. The van der Waals surface area contributed by atoms with E-state index in [2.05, 4.69) is 11.6 Å². The molecule has 0 atom stereocenters. The Morgan fingerprint density at radius 1 is 1.39 bits per heavy atom. The van der Waals surface area contributed by atoms with Crippen molar-refractivity contribution in [2.24, 2.45) is 0 Å². The van der Waals surface area contributed by atoms with E-state index in [1.54, 1.807) is 11.8 Å². The van der Waals surface area contributed by atoms with Gasteiger partial charge in [0.1, 0.15) is 0 Å². The molecule has 2 rings (SSSR count).